The molecule has 1 aliphatic rings. The van der Waals surface area contributed by atoms with Crippen molar-refractivity contribution in [2.45, 2.75) is 25.5 Å². The summed E-state index contributed by atoms with van der Waals surface area (Å²) < 4.78 is 24.2. The van der Waals surface area contributed by atoms with Gasteiger partial charge in [-0.1, -0.05) is 0 Å². The van der Waals surface area contributed by atoms with Crippen LogP contribution < -0.4 is 4.74 Å². The molecule has 1 aromatic rings. The van der Waals surface area contributed by atoms with Gasteiger partial charge in [-0.15, -0.1) is 0 Å². The average Bonchev–Trinajstić information content (AvgIpc) is 2.83. The highest BCUT2D eigenvalue weighted by molar-refractivity contribution is 5.94. The standard InChI is InChI=1S/C14H18FNO3/c1-9-13(6-7-19-9)16(2)14(17)11-5-4-10(18-3)8-12(11)15/h4-5,8-9,13H,6-7H2,1-3H3. The number of methoxy groups -OCH3 is 1. The lowest BCUT2D eigenvalue weighted by Gasteiger charge is -2.27. The van der Waals surface area contributed by atoms with Crippen LogP contribution in [0.4, 0.5) is 4.39 Å². The molecule has 1 aromatic carbocycles. The van der Waals surface area contributed by atoms with Crippen molar-refractivity contribution in [3.8, 4) is 5.75 Å². The van der Waals surface area contributed by atoms with E-state index in [1.807, 2.05) is 6.92 Å². The van der Waals surface area contributed by atoms with Crippen LogP contribution in [0.1, 0.15) is 23.7 Å². The summed E-state index contributed by atoms with van der Waals surface area (Å²) in [5.74, 6) is -0.500. The van der Waals surface area contributed by atoms with Gasteiger partial charge in [0.15, 0.2) is 0 Å². The Morgan fingerprint density at radius 1 is 1.53 bits per heavy atom. The van der Waals surface area contributed by atoms with Crippen LogP contribution in [0.2, 0.25) is 0 Å². The first-order chi connectivity index (χ1) is 9.04. The van der Waals surface area contributed by atoms with E-state index in [-0.39, 0.29) is 23.6 Å². The van der Waals surface area contributed by atoms with Crippen LogP contribution in [-0.2, 0) is 4.74 Å². The summed E-state index contributed by atoms with van der Waals surface area (Å²) in [6.45, 7) is 2.56. The van der Waals surface area contributed by atoms with Crippen molar-refractivity contribution in [2.24, 2.45) is 0 Å². The van der Waals surface area contributed by atoms with E-state index in [0.29, 0.717) is 12.4 Å². The zero-order valence-electron chi connectivity index (χ0n) is 11.4. The van der Waals surface area contributed by atoms with Gasteiger partial charge >= 0.3 is 0 Å². The van der Waals surface area contributed by atoms with Gasteiger partial charge in [-0.05, 0) is 25.5 Å². The molecule has 5 heteroatoms. The Morgan fingerprint density at radius 2 is 2.26 bits per heavy atom. The van der Waals surface area contributed by atoms with Crippen molar-refractivity contribution in [3.63, 3.8) is 0 Å². The normalized spacial score (nSPS) is 22.3. The molecule has 104 valence electrons. The Morgan fingerprint density at radius 3 is 2.79 bits per heavy atom. The van der Waals surface area contributed by atoms with Crippen LogP contribution in [0.25, 0.3) is 0 Å². The molecule has 4 nitrogen and oxygen atoms in total. The number of likely N-dealkylation sites (N-methyl/N-ethyl adjacent to an activating group) is 1. The first-order valence-corrected chi connectivity index (χ1v) is 6.27. The summed E-state index contributed by atoms with van der Waals surface area (Å²) in [6, 6.07) is 4.25. The molecule has 0 N–H and O–H groups in total. The molecule has 0 radical (unpaired) electrons. The number of rotatable bonds is 3. The quantitative estimate of drug-likeness (QED) is 0.841. The Balaban J connectivity index is 2.19. The zero-order chi connectivity index (χ0) is 14.0. The van der Waals surface area contributed by atoms with Crippen LogP contribution in [0.5, 0.6) is 5.75 Å². The lowest BCUT2D eigenvalue weighted by Crippen LogP contribution is -2.41. The zero-order valence-corrected chi connectivity index (χ0v) is 11.4. The SMILES string of the molecule is COc1ccc(C(=O)N(C)C2CCOC2C)c(F)c1. The van der Waals surface area contributed by atoms with E-state index in [1.54, 1.807) is 18.0 Å². The van der Waals surface area contributed by atoms with E-state index in [2.05, 4.69) is 0 Å². The van der Waals surface area contributed by atoms with E-state index < -0.39 is 5.82 Å². The second-order valence-corrected chi connectivity index (χ2v) is 4.69. The summed E-state index contributed by atoms with van der Waals surface area (Å²) in [6.07, 6.45) is 0.761. The Kier molecular flexibility index (Phi) is 4.04. The van der Waals surface area contributed by atoms with Crippen LogP contribution >= 0.6 is 0 Å². The topological polar surface area (TPSA) is 38.8 Å². The molecular formula is C14H18FNO3. The average molecular weight is 267 g/mol. The Labute approximate surface area is 112 Å². The number of ether oxygens (including phenoxy) is 2. The highest BCUT2D eigenvalue weighted by atomic mass is 19.1. The fraction of sp³-hybridized carbons (Fsp3) is 0.500. The molecule has 1 saturated heterocycles. The molecule has 19 heavy (non-hydrogen) atoms. The second kappa shape index (κ2) is 5.57. The monoisotopic (exact) mass is 267 g/mol. The van der Waals surface area contributed by atoms with Crippen molar-refractivity contribution in [3.05, 3.63) is 29.6 Å². The predicted molar refractivity (Wildman–Crippen MR) is 68.9 cm³/mol. The van der Waals surface area contributed by atoms with Crippen molar-refractivity contribution in [2.75, 3.05) is 20.8 Å². The van der Waals surface area contributed by atoms with E-state index in [0.717, 1.165) is 6.42 Å². The molecule has 2 unspecified atom stereocenters. The largest absolute Gasteiger partial charge is 0.497 e. The van der Waals surface area contributed by atoms with Gasteiger partial charge in [-0.2, -0.15) is 0 Å². The lowest BCUT2D eigenvalue weighted by atomic mass is 10.1. The molecule has 0 spiro atoms. The molecule has 2 atom stereocenters. The first kappa shape index (κ1) is 13.8. The molecule has 2 rings (SSSR count). The van der Waals surface area contributed by atoms with E-state index in [4.69, 9.17) is 9.47 Å². The number of carbonyl (C=O) groups excluding carboxylic acids is 1. The van der Waals surface area contributed by atoms with Crippen LogP contribution in [0.3, 0.4) is 0 Å². The molecule has 1 aliphatic heterocycles. The molecular weight excluding hydrogens is 249 g/mol. The third-order valence-electron chi connectivity index (χ3n) is 3.56. The number of amides is 1. The number of hydrogen-bond acceptors (Lipinski definition) is 3. The first-order valence-electron chi connectivity index (χ1n) is 6.27. The fourth-order valence-corrected chi connectivity index (χ4v) is 2.37. The Hall–Kier alpha value is -1.62. The Bertz CT molecular complexity index is 478. The highest BCUT2D eigenvalue weighted by Crippen LogP contribution is 2.22. The fourth-order valence-electron chi connectivity index (χ4n) is 2.37. The van der Waals surface area contributed by atoms with E-state index in [9.17, 15) is 9.18 Å². The number of hydrogen-bond donors (Lipinski definition) is 0. The van der Waals surface area contributed by atoms with Gasteiger partial charge in [0.2, 0.25) is 0 Å². The summed E-state index contributed by atoms with van der Waals surface area (Å²) in [5, 5.41) is 0. The third-order valence-corrected chi connectivity index (χ3v) is 3.56. The van der Waals surface area contributed by atoms with Gasteiger partial charge in [0.1, 0.15) is 11.6 Å². The van der Waals surface area contributed by atoms with E-state index in [1.165, 1.54) is 19.2 Å². The molecule has 0 bridgehead atoms. The molecule has 0 aromatic heterocycles. The van der Waals surface area contributed by atoms with Crippen molar-refractivity contribution >= 4 is 5.91 Å². The van der Waals surface area contributed by atoms with Gasteiger partial charge in [-0.3, -0.25) is 4.79 Å². The second-order valence-electron chi connectivity index (χ2n) is 4.69. The van der Waals surface area contributed by atoms with Crippen LogP contribution in [0, 0.1) is 5.82 Å². The maximum Gasteiger partial charge on any atom is 0.256 e. The van der Waals surface area contributed by atoms with Gasteiger partial charge in [0.25, 0.3) is 5.91 Å². The molecule has 1 fully saturated rings. The van der Waals surface area contributed by atoms with Crippen LogP contribution in [-0.4, -0.2) is 43.7 Å². The van der Waals surface area contributed by atoms with Crippen molar-refractivity contribution in [1.82, 2.24) is 4.90 Å². The molecule has 0 aliphatic carbocycles. The molecule has 1 heterocycles. The maximum absolute atomic E-state index is 13.9. The minimum Gasteiger partial charge on any atom is -0.497 e. The smallest absolute Gasteiger partial charge is 0.256 e. The van der Waals surface area contributed by atoms with Crippen molar-refractivity contribution in [1.29, 1.82) is 0 Å². The number of nitrogens with zero attached hydrogens (tertiary/aromatic N) is 1. The van der Waals surface area contributed by atoms with Crippen LogP contribution in [0.15, 0.2) is 18.2 Å². The number of benzene rings is 1. The van der Waals surface area contributed by atoms with Gasteiger partial charge < -0.3 is 14.4 Å². The summed E-state index contributed by atoms with van der Waals surface area (Å²) in [5.41, 5.74) is 0.0578. The summed E-state index contributed by atoms with van der Waals surface area (Å²) in [7, 11) is 3.14. The molecule has 1 amide bonds. The minimum absolute atomic E-state index is 0.00555. The lowest BCUT2D eigenvalue weighted by molar-refractivity contribution is 0.0571. The predicted octanol–water partition coefficient (Wildman–Crippen LogP) is 2.08. The van der Waals surface area contributed by atoms with E-state index >= 15 is 0 Å². The summed E-state index contributed by atoms with van der Waals surface area (Å²) >= 11 is 0. The highest BCUT2D eigenvalue weighted by Gasteiger charge is 2.31. The third kappa shape index (κ3) is 2.71. The van der Waals surface area contributed by atoms with Gasteiger partial charge in [-0.25, -0.2) is 4.39 Å². The minimum atomic E-state index is -0.567. The number of carbonyl (C=O) groups is 1. The van der Waals surface area contributed by atoms with Gasteiger partial charge in [0.05, 0.1) is 24.8 Å². The van der Waals surface area contributed by atoms with Gasteiger partial charge in [0, 0.05) is 19.7 Å². The summed E-state index contributed by atoms with van der Waals surface area (Å²) in [4.78, 5) is 13.8. The maximum atomic E-state index is 13.9. The van der Waals surface area contributed by atoms with Crippen molar-refractivity contribution < 1.29 is 18.7 Å². The molecule has 0 saturated carbocycles. The number of halogens is 1.